The lowest BCUT2D eigenvalue weighted by Crippen LogP contribution is -2.24. The van der Waals surface area contributed by atoms with E-state index in [0.29, 0.717) is 38.3 Å². The molecule has 0 saturated carbocycles. The minimum atomic E-state index is -0.376. The van der Waals surface area contributed by atoms with E-state index in [2.05, 4.69) is 26.5 Å². The van der Waals surface area contributed by atoms with Crippen molar-refractivity contribution in [3.05, 3.63) is 91.9 Å². The third-order valence-corrected chi connectivity index (χ3v) is 9.06. The van der Waals surface area contributed by atoms with E-state index in [4.69, 9.17) is 32.7 Å². The number of rotatable bonds is 9. The fourth-order valence-corrected chi connectivity index (χ4v) is 6.90. The number of amides is 1. The number of hydrazone groups is 1. The average Bonchev–Trinajstić information content (AvgIpc) is 3.39. The molecule has 5 nitrogen and oxygen atoms in total. The van der Waals surface area contributed by atoms with Gasteiger partial charge < -0.3 is 9.47 Å². The van der Waals surface area contributed by atoms with Gasteiger partial charge in [-0.15, -0.1) is 23.5 Å². The number of halogens is 3. The van der Waals surface area contributed by atoms with Crippen molar-refractivity contribution in [2.75, 3.05) is 18.1 Å². The first kappa shape index (κ1) is 26.2. The summed E-state index contributed by atoms with van der Waals surface area (Å²) in [6.07, 6.45) is 1.46. The van der Waals surface area contributed by atoms with Crippen molar-refractivity contribution in [2.24, 2.45) is 5.10 Å². The van der Waals surface area contributed by atoms with Crippen molar-refractivity contribution in [3.63, 3.8) is 0 Å². The first-order valence-electron chi connectivity index (χ1n) is 10.6. The Balaban J connectivity index is 1.25. The smallest absolute Gasteiger partial charge is 0.277 e. The molecule has 3 aromatic carbocycles. The van der Waals surface area contributed by atoms with Gasteiger partial charge in [-0.3, -0.25) is 4.79 Å². The van der Waals surface area contributed by atoms with Crippen molar-refractivity contribution < 1.29 is 14.3 Å². The third-order valence-electron chi connectivity index (χ3n) is 4.86. The van der Waals surface area contributed by atoms with Gasteiger partial charge in [-0.1, -0.05) is 63.4 Å². The quantitative estimate of drug-likeness (QED) is 0.203. The predicted octanol–water partition coefficient (Wildman–Crippen LogP) is 7.34. The number of hydrogen-bond acceptors (Lipinski definition) is 6. The van der Waals surface area contributed by atoms with E-state index < -0.39 is 0 Å². The average molecular weight is 612 g/mol. The molecular formula is C25H21BrCl2N2O3S2. The summed E-state index contributed by atoms with van der Waals surface area (Å²) in [6, 6.07) is 19.0. The van der Waals surface area contributed by atoms with Crippen LogP contribution in [0.5, 0.6) is 11.5 Å². The molecule has 4 rings (SSSR count). The minimum absolute atomic E-state index is 0.145. The molecule has 0 aliphatic carbocycles. The van der Waals surface area contributed by atoms with E-state index in [0.717, 1.165) is 10.0 Å². The van der Waals surface area contributed by atoms with Crippen LogP contribution < -0.4 is 14.9 Å². The van der Waals surface area contributed by atoms with Gasteiger partial charge in [0.05, 0.1) is 20.8 Å². The molecule has 0 unspecified atom stereocenters. The fourth-order valence-electron chi connectivity index (χ4n) is 3.16. The third kappa shape index (κ3) is 7.82. The molecule has 10 heteroatoms. The van der Waals surface area contributed by atoms with Crippen LogP contribution in [-0.4, -0.2) is 30.2 Å². The SMILES string of the molecule is O=C(COc1ccc(C2SCCS2)cc1)N/N=C\c1cc(Cl)c(OCc2ccc(Br)cc2)c(Cl)c1. The maximum atomic E-state index is 12.1. The second-order valence-electron chi connectivity index (χ2n) is 7.45. The second kappa shape index (κ2) is 12.9. The van der Waals surface area contributed by atoms with Crippen LogP contribution in [0.4, 0.5) is 0 Å². The van der Waals surface area contributed by atoms with Gasteiger partial charge in [0.1, 0.15) is 12.4 Å². The van der Waals surface area contributed by atoms with Crippen LogP contribution in [0.1, 0.15) is 21.3 Å². The zero-order chi connectivity index (χ0) is 24.6. The van der Waals surface area contributed by atoms with Crippen LogP contribution in [0.3, 0.4) is 0 Å². The van der Waals surface area contributed by atoms with Gasteiger partial charge in [-0.25, -0.2) is 5.43 Å². The molecule has 0 aromatic heterocycles. The van der Waals surface area contributed by atoms with E-state index in [1.165, 1.54) is 23.3 Å². The molecule has 1 fully saturated rings. The van der Waals surface area contributed by atoms with Crippen molar-refractivity contribution in [2.45, 2.75) is 11.2 Å². The highest BCUT2D eigenvalue weighted by molar-refractivity contribution is 9.10. The topological polar surface area (TPSA) is 59.9 Å². The Morgan fingerprint density at radius 1 is 1.03 bits per heavy atom. The number of hydrogen-bond donors (Lipinski definition) is 1. The largest absolute Gasteiger partial charge is 0.486 e. The highest BCUT2D eigenvalue weighted by Crippen LogP contribution is 2.45. The molecule has 1 heterocycles. The summed E-state index contributed by atoms with van der Waals surface area (Å²) in [5, 5.41) is 4.66. The van der Waals surface area contributed by atoms with Crippen LogP contribution in [-0.2, 0) is 11.4 Å². The number of carbonyl (C=O) groups is 1. The molecule has 1 amide bonds. The summed E-state index contributed by atoms with van der Waals surface area (Å²) in [4.78, 5) is 12.1. The Morgan fingerprint density at radius 3 is 2.34 bits per heavy atom. The summed E-state index contributed by atoms with van der Waals surface area (Å²) >= 11 is 20.0. The van der Waals surface area contributed by atoms with Crippen molar-refractivity contribution in [1.29, 1.82) is 0 Å². The lowest BCUT2D eigenvalue weighted by molar-refractivity contribution is -0.123. The molecule has 182 valence electrons. The highest BCUT2D eigenvalue weighted by atomic mass is 79.9. The number of ether oxygens (including phenoxy) is 2. The molecule has 35 heavy (non-hydrogen) atoms. The van der Waals surface area contributed by atoms with Gasteiger partial charge in [0, 0.05) is 16.0 Å². The summed E-state index contributed by atoms with van der Waals surface area (Å²) in [7, 11) is 0. The number of carbonyl (C=O) groups excluding carboxylic acids is 1. The van der Waals surface area contributed by atoms with E-state index >= 15 is 0 Å². The van der Waals surface area contributed by atoms with E-state index in [9.17, 15) is 4.79 Å². The summed E-state index contributed by atoms with van der Waals surface area (Å²) in [5.74, 6) is 3.01. The molecular weight excluding hydrogens is 591 g/mol. The van der Waals surface area contributed by atoms with Crippen LogP contribution in [0.15, 0.2) is 70.2 Å². The van der Waals surface area contributed by atoms with Crippen molar-refractivity contribution >= 4 is 74.8 Å². The number of nitrogens with one attached hydrogen (secondary N) is 1. The van der Waals surface area contributed by atoms with E-state index in [1.54, 1.807) is 12.1 Å². The van der Waals surface area contributed by atoms with Crippen LogP contribution in [0, 0.1) is 0 Å². The Hall–Kier alpha value is -1.84. The van der Waals surface area contributed by atoms with E-state index in [1.807, 2.05) is 72.1 Å². The normalized spacial score (nSPS) is 13.8. The highest BCUT2D eigenvalue weighted by Gasteiger charge is 2.18. The molecule has 0 spiro atoms. The van der Waals surface area contributed by atoms with Gasteiger partial charge in [0.2, 0.25) is 0 Å². The maximum Gasteiger partial charge on any atom is 0.277 e. The van der Waals surface area contributed by atoms with Gasteiger partial charge in [-0.05, 0) is 53.1 Å². The number of benzene rings is 3. The minimum Gasteiger partial charge on any atom is -0.486 e. The molecule has 0 bridgehead atoms. The molecule has 0 atom stereocenters. The molecule has 1 aliphatic rings. The summed E-state index contributed by atoms with van der Waals surface area (Å²) in [6.45, 7) is 0.186. The predicted molar refractivity (Wildman–Crippen MR) is 150 cm³/mol. The summed E-state index contributed by atoms with van der Waals surface area (Å²) in [5.41, 5.74) is 5.31. The lowest BCUT2D eigenvalue weighted by atomic mass is 10.2. The first-order valence-corrected chi connectivity index (χ1v) is 14.3. The maximum absolute atomic E-state index is 12.1. The van der Waals surface area contributed by atoms with Gasteiger partial charge in [-0.2, -0.15) is 5.10 Å². The number of thioether (sulfide) groups is 2. The Morgan fingerprint density at radius 2 is 1.69 bits per heavy atom. The fraction of sp³-hybridized carbons (Fsp3) is 0.200. The second-order valence-corrected chi connectivity index (χ2v) is 11.9. The van der Waals surface area contributed by atoms with Crippen LogP contribution in [0.25, 0.3) is 0 Å². The molecule has 0 radical (unpaired) electrons. The standard InChI is InChI=1S/C25H21BrCl2N2O3S2/c26-19-5-1-16(2-6-19)14-33-24-21(27)11-17(12-22(24)28)13-29-30-23(31)15-32-20-7-3-18(4-8-20)25-34-9-10-35-25/h1-8,11-13,25H,9-10,14-15H2,(H,30,31)/b29-13-. The van der Waals surface area contributed by atoms with Crippen LogP contribution >= 0.6 is 62.7 Å². The molecule has 1 saturated heterocycles. The first-order chi connectivity index (χ1) is 17.0. The number of nitrogens with zero attached hydrogens (tertiary/aromatic N) is 1. The van der Waals surface area contributed by atoms with Crippen molar-refractivity contribution in [3.8, 4) is 11.5 Å². The van der Waals surface area contributed by atoms with Gasteiger partial charge in [0.15, 0.2) is 12.4 Å². The zero-order valence-electron chi connectivity index (χ0n) is 18.4. The van der Waals surface area contributed by atoms with E-state index in [-0.39, 0.29) is 12.5 Å². The molecule has 3 aromatic rings. The van der Waals surface area contributed by atoms with Crippen molar-refractivity contribution in [1.82, 2.24) is 5.43 Å². The Labute approximate surface area is 231 Å². The Kier molecular flexibility index (Phi) is 9.68. The van der Waals surface area contributed by atoms with Gasteiger partial charge >= 0.3 is 0 Å². The van der Waals surface area contributed by atoms with Crippen LogP contribution in [0.2, 0.25) is 10.0 Å². The lowest BCUT2D eigenvalue weighted by Gasteiger charge is -2.11. The molecule has 1 N–H and O–H groups in total. The molecule has 1 aliphatic heterocycles. The summed E-state index contributed by atoms with van der Waals surface area (Å²) < 4.78 is 12.8. The monoisotopic (exact) mass is 610 g/mol. The van der Waals surface area contributed by atoms with Gasteiger partial charge in [0.25, 0.3) is 5.91 Å². The Bertz CT molecular complexity index is 1170. The zero-order valence-corrected chi connectivity index (χ0v) is 23.1.